The Morgan fingerprint density at radius 2 is 1.66 bits per heavy atom. The van der Waals surface area contributed by atoms with Gasteiger partial charge in [-0.3, -0.25) is 4.31 Å². The molecule has 146 valence electrons. The zero-order chi connectivity index (χ0) is 20.4. The summed E-state index contributed by atoms with van der Waals surface area (Å²) in [5.74, 6) is 0. The second-order valence-corrected chi connectivity index (χ2v) is 8.65. The molecular formula is C23H19NO4S. The third-order valence-corrected chi connectivity index (χ3v) is 6.41. The topological polar surface area (TPSA) is 67.6 Å². The van der Waals surface area contributed by atoms with Gasteiger partial charge in [0.1, 0.15) is 5.58 Å². The summed E-state index contributed by atoms with van der Waals surface area (Å²) >= 11 is 0. The van der Waals surface area contributed by atoms with E-state index in [-0.39, 0.29) is 11.4 Å². The standard InChI is InChI=1S/C23H19NO4S/c1-17-6-5-9-20(14-17)24(16-18-7-3-2-4-8-18)29(26,27)21-11-12-22-19(15-21)10-13-23(25)28-22/h2-15H,16H2,1H3. The molecule has 0 N–H and O–H groups in total. The number of hydrogen-bond acceptors (Lipinski definition) is 4. The molecule has 4 aromatic rings. The second-order valence-electron chi connectivity index (χ2n) is 6.79. The number of anilines is 1. The summed E-state index contributed by atoms with van der Waals surface area (Å²) < 4.78 is 33.7. The lowest BCUT2D eigenvalue weighted by Crippen LogP contribution is -2.30. The van der Waals surface area contributed by atoms with Gasteiger partial charge in [0.2, 0.25) is 0 Å². The smallest absolute Gasteiger partial charge is 0.336 e. The van der Waals surface area contributed by atoms with Gasteiger partial charge in [0.15, 0.2) is 0 Å². The second kappa shape index (κ2) is 7.56. The van der Waals surface area contributed by atoms with Crippen molar-refractivity contribution in [3.63, 3.8) is 0 Å². The molecule has 0 saturated heterocycles. The van der Waals surface area contributed by atoms with Crippen molar-refractivity contribution in [3.8, 4) is 0 Å². The van der Waals surface area contributed by atoms with E-state index in [9.17, 15) is 13.2 Å². The molecule has 4 rings (SSSR count). The van der Waals surface area contributed by atoms with Crippen LogP contribution >= 0.6 is 0 Å². The highest BCUT2D eigenvalue weighted by Crippen LogP contribution is 2.28. The molecule has 5 nitrogen and oxygen atoms in total. The van der Waals surface area contributed by atoms with Crippen LogP contribution in [-0.2, 0) is 16.6 Å². The molecule has 1 aromatic heterocycles. The van der Waals surface area contributed by atoms with Gasteiger partial charge < -0.3 is 4.42 Å². The molecule has 0 atom stereocenters. The highest BCUT2D eigenvalue weighted by molar-refractivity contribution is 7.92. The van der Waals surface area contributed by atoms with Crippen LogP contribution in [0.2, 0.25) is 0 Å². The first-order chi connectivity index (χ1) is 13.9. The van der Waals surface area contributed by atoms with Gasteiger partial charge >= 0.3 is 5.63 Å². The van der Waals surface area contributed by atoms with Gasteiger partial charge in [-0.05, 0) is 54.4 Å². The fraction of sp³-hybridized carbons (Fsp3) is 0.0870. The Labute approximate surface area is 168 Å². The fourth-order valence-corrected chi connectivity index (χ4v) is 4.67. The number of sulfonamides is 1. The van der Waals surface area contributed by atoms with Gasteiger partial charge in [0, 0.05) is 11.5 Å². The van der Waals surface area contributed by atoms with E-state index >= 15 is 0 Å². The van der Waals surface area contributed by atoms with Gasteiger partial charge in [0.25, 0.3) is 10.0 Å². The van der Waals surface area contributed by atoms with Gasteiger partial charge in [-0.25, -0.2) is 13.2 Å². The first-order valence-corrected chi connectivity index (χ1v) is 10.5. The predicted octanol–water partition coefficient (Wildman–Crippen LogP) is 4.50. The van der Waals surface area contributed by atoms with Crippen molar-refractivity contribution in [1.82, 2.24) is 0 Å². The minimum Gasteiger partial charge on any atom is -0.423 e. The average molecular weight is 405 g/mol. The first kappa shape index (κ1) is 19.0. The van der Waals surface area contributed by atoms with E-state index in [0.717, 1.165) is 11.1 Å². The van der Waals surface area contributed by atoms with E-state index in [1.165, 1.54) is 28.6 Å². The van der Waals surface area contributed by atoms with Crippen molar-refractivity contribution in [2.24, 2.45) is 0 Å². The lowest BCUT2D eigenvalue weighted by atomic mass is 10.2. The van der Waals surface area contributed by atoms with E-state index in [1.54, 1.807) is 12.1 Å². The summed E-state index contributed by atoms with van der Waals surface area (Å²) in [5.41, 5.74) is 2.31. The van der Waals surface area contributed by atoms with Crippen LogP contribution in [0.3, 0.4) is 0 Å². The normalized spacial score (nSPS) is 11.5. The largest absolute Gasteiger partial charge is 0.423 e. The molecule has 0 aliphatic rings. The molecule has 0 unspecified atom stereocenters. The van der Waals surface area contributed by atoms with Crippen molar-refractivity contribution in [2.75, 3.05) is 4.31 Å². The van der Waals surface area contributed by atoms with E-state index in [0.29, 0.717) is 16.7 Å². The quantitative estimate of drug-likeness (QED) is 0.459. The molecule has 0 aliphatic carbocycles. The molecule has 0 fully saturated rings. The molecule has 0 saturated carbocycles. The molecule has 29 heavy (non-hydrogen) atoms. The lowest BCUT2D eigenvalue weighted by Gasteiger charge is -2.25. The van der Waals surface area contributed by atoms with Gasteiger partial charge in [-0.1, -0.05) is 42.5 Å². The Bertz CT molecular complexity index is 1330. The molecule has 0 radical (unpaired) electrons. The van der Waals surface area contributed by atoms with Crippen LogP contribution in [0.4, 0.5) is 5.69 Å². The zero-order valence-electron chi connectivity index (χ0n) is 15.8. The fourth-order valence-electron chi connectivity index (χ4n) is 3.19. The van der Waals surface area contributed by atoms with Crippen LogP contribution in [0, 0.1) is 6.92 Å². The summed E-state index contributed by atoms with van der Waals surface area (Å²) in [6, 6.07) is 24.2. The number of hydrogen-bond donors (Lipinski definition) is 0. The molecular weight excluding hydrogens is 386 g/mol. The highest BCUT2D eigenvalue weighted by atomic mass is 32.2. The van der Waals surface area contributed by atoms with Crippen molar-refractivity contribution < 1.29 is 12.8 Å². The van der Waals surface area contributed by atoms with E-state index in [2.05, 4.69) is 0 Å². The molecule has 1 heterocycles. The summed E-state index contributed by atoms with van der Waals surface area (Å²) in [6.45, 7) is 2.13. The van der Waals surface area contributed by atoms with Crippen LogP contribution in [0.25, 0.3) is 11.0 Å². The summed E-state index contributed by atoms with van der Waals surface area (Å²) in [4.78, 5) is 11.5. The van der Waals surface area contributed by atoms with Crippen LogP contribution in [0.5, 0.6) is 0 Å². The minimum atomic E-state index is -3.86. The number of benzene rings is 3. The monoisotopic (exact) mass is 405 g/mol. The number of nitrogens with zero attached hydrogens (tertiary/aromatic N) is 1. The molecule has 6 heteroatoms. The average Bonchev–Trinajstić information content (AvgIpc) is 2.72. The van der Waals surface area contributed by atoms with Gasteiger partial charge in [-0.2, -0.15) is 0 Å². The predicted molar refractivity (Wildman–Crippen MR) is 113 cm³/mol. The van der Waals surface area contributed by atoms with Gasteiger partial charge in [-0.15, -0.1) is 0 Å². The Kier molecular flexibility index (Phi) is 4.94. The Hall–Kier alpha value is -3.38. The molecule has 0 bridgehead atoms. The van der Waals surface area contributed by atoms with E-state index in [1.807, 2.05) is 55.5 Å². The maximum Gasteiger partial charge on any atom is 0.336 e. The van der Waals surface area contributed by atoms with E-state index < -0.39 is 15.6 Å². The highest BCUT2D eigenvalue weighted by Gasteiger charge is 2.26. The Balaban J connectivity index is 1.84. The van der Waals surface area contributed by atoms with Crippen molar-refractivity contribution in [1.29, 1.82) is 0 Å². The minimum absolute atomic E-state index is 0.135. The Morgan fingerprint density at radius 1 is 0.862 bits per heavy atom. The number of fused-ring (bicyclic) bond motifs is 1. The van der Waals surface area contributed by atoms with Crippen molar-refractivity contribution >= 4 is 26.7 Å². The summed E-state index contributed by atoms with van der Waals surface area (Å²) in [6.07, 6.45) is 0. The molecule has 0 spiro atoms. The van der Waals surface area contributed by atoms with Crippen LogP contribution in [0.15, 0.2) is 99.0 Å². The van der Waals surface area contributed by atoms with E-state index in [4.69, 9.17) is 4.42 Å². The summed E-state index contributed by atoms with van der Waals surface area (Å²) in [5, 5.41) is 0.551. The third kappa shape index (κ3) is 3.93. The molecule has 0 aliphatic heterocycles. The SMILES string of the molecule is Cc1cccc(N(Cc2ccccc2)S(=O)(=O)c2ccc3oc(=O)ccc3c2)c1. The first-order valence-electron chi connectivity index (χ1n) is 9.11. The van der Waals surface area contributed by atoms with Gasteiger partial charge in [0.05, 0.1) is 17.1 Å². The maximum atomic E-state index is 13.6. The van der Waals surface area contributed by atoms with Crippen molar-refractivity contribution in [2.45, 2.75) is 18.4 Å². The van der Waals surface area contributed by atoms with Crippen molar-refractivity contribution in [3.05, 3.63) is 106 Å². The Morgan fingerprint density at radius 3 is 2.41 bits per heavy atom. The van der Waals surface area contributed by atoms with Crippen LogP contribution in [-0.4, -0.2) is 8.42 Å². The molecule has 3 aromatic carbocycles. The third-order valence-electron chi connectivity index (χ3n) is 4.64. The lowest BCUT2D eigenvalue weighted by molar-refractivity contribution is 0.560. The van der Waals surface area contributed by atoms with Crippen LogP contribution in [0.1, 0.15) is 11.1 Å². The molecule has 0 amide bonds. The zero-order valence-corrected chi connectivity index (χ0v) is 16.6. The number of aryl methyl sites for hydroxylation is 1. The van der Waals surface area contributed by atoms with Crippen LogP contribution < -0.4 is 9.93 Å². The summed E-state index contributed by atoms with van der Waals surface area (Å²) in [7, 11) is -3.86. The number of rotatable bonds is 5. The maximum absolute atomic E-state index is 13.6.